The number of fused-ring (bicyclic) bond motifs is 3. The van der Waals surface area contributed by atoms with Gasteiger partial charge in [-0.1, -0.05) is 84.5 Å². The minimum Gasteiger partial charge on any atom is -0.500 e. The molecule has 245 valence electrons. The average molecular weight is 874 g/mol. The summed E-state index contributed by atoms with van der Waals surface area (Å²) >= 11 is -1.89. The smallest absolute Gasteiger partial charge is 0.128 e. The van der Waals surface area contributed by atoms with E-state index in [1.807, 2.05) is 60.9 Å². The Balaban J connectivity index is 0.000000223. The van der Waals surface area contributed by atoms with Crippen LogP contribution in [-0.2, 0) is 20.1 Å². The maximum Gasteiger partial charge on any atom is 0.128 e. The Morgan fingerprint density at radius 3 is 2.21 bits per heavy atom. The van der Waals surface area contributed by atoms with E-state index in [4.69, 9.17) is 12.6 Å². The van der Waals surface area contributed by atoms with Gasteiger partial charge in [-0.15, -0.1) is 18.2 Å². The van der Waals surface area contributed by atoms with Crippen LogP contribution in [0.25, 0.3) is 55.6 Å². The largest absolute Gasteiger partial charge is 0.500 e. The minimum atomic E-state index is -2.12. The Kier molecular flexibility index (Phi) is 8.62. The van der Waals surface area contributed by atoms with Crippen LogP contribution in [0.4, 0.5) is 0 Å². The molecular formula is C43H42GeIrN2O-2. The molecule has 0 saturated carbocycles. The quantitative estimate of drug-likeness (QED) is 0.128. The molecule has 3 heterocycles. The molecule has 7 aromatic rings. The van der Waals surface area contributed by atoms with Crippen LogP contribution in [0.5, 0.6) is 0 Å². The third kappa shape index (κ3) is 7.57. The van der Waals surface area contributed by atoms with E-state index in [1.54, 1.807) is 24.3 Å². The molecule has 0 bridgehead atoms. The van der Waals surface area contributed by atoms with Crippen molar-refractivity contribution in [2.24, 2.45) is 0 Å². The first-order valence-corrected chi connectivity index (χ1v) is 23.2. The van der Waals surface area contributed by atoms with Gasteiger partial charge in [0.25, 0.3) is 0 Å². The number of furan rings is 1. The maximum absolute atomic E-state index is 7.60. The number of hydrogen-bond donors (Lipinski definition) is 0. The number of aryl methyl sites for hydroxylation is 3. The summed E-state index contributed by atoms with van der Waals surface area (Å²) in [5.41, 5.74) is 9.82. The normalized spacial score (nSPS) is 13.7. The predicted molar refractivity (Wildman–Crippen MR) is 201 cm³/mol. The molecule has 5 heteroatoms. The zero-order chi connectivity index (χ0) is 38.3. The molecule has 3 nitrogen and oxygen atoms in total. The molecule has 0 fully saturated rings. The van der Waals surface area contributed by atoms with Gasteiger partial charge in [-0.3, -0.25) is 0 Å². The van der Waals surface area contributed by atoms with Gasteiger partial charge < -0.3 is 9.40 Å². The van der Waals surface area contributed by atoms with Crippen LogP contribution >= 0.6 is 0 Å². The van der Waals surface area contributed by atoms with Crippen LogP contribution in [-0.4, -0.2) is 23.2 Å². The molecule has 0 aliphatic carbocycles. The summed E-state index contributed by atoms with van der Waals surface area (Å²) in [5.74, 6) is 7.44. The van der Waals surface area contributed by atoms with Crippen LogP contribution in [0, 0.1) is 32.8 Å². The monoisotopic (exact) mass is 875 g/mol. The Morgan fingerprint density at radius 1 is 0.792 bits per heavy atom. The minimum absolute atomic E-state index is 0. The number of rotatable bonds is 5. The summed E-state index contributed by atoms with van der Waals surface area (Å²) in [5, 5.41) is 2.01. The Hall–Kier alpha value is -3.83. The SMILES string of the molecule is [2H]C([2H])([2H])c1c[c-]c(-c2cc(C)[c]([Ge]([CH3])([CH3])[CH3])cn2)cc1.[2H]C([2H])([2H])c1ccc(-c2cccc3c2oc2c(-c4cc(C(C)C)ccn4)[c-]ccc23)cc1.[Ir]. The molecule has 0 saturated heterocycles. The van der Waals surface area contributed by atoms with E-state index in [0.29, 0.717) is 17.0 Å². The third-order valence-electron chi connectivity index (χ3n) is 8.37. The molecule has 48 heavy (non-hydrogen) atoms. The first-order valence-electron chi connectivity index (χ1n) is 18.8. The number of para-hydroxylation sites is 1. The summed E-state index contributed by atoms with van der Waals surface area (Å²) in [7, 11) is 0. The van der Waals surface area contributed by atoms with Crippen LogP contribution in [0.15, 0.2) is 108 Å². The van der Waals surface area contributed by atoms with Crippen LogP contribution in [0.1, 0.15) is 50.2 Å². The van der Waals surface area contributed by atoms with Crippen molar-refractivity contribution in [2.45, 2.75) is 57.7 Å². The van der Waals surface area contributed by atoms with E-state index in [2.05, 4.69) is 72.3 Å². The van der Waals surface area contributed by atoms with Crippen molar-refractivity contribution in [3.63, 3.8) is 0 Å². The summed E-state index contributed by atoms with van der Waals surface area (Å²) in [6.45, 7) is 2.24. The second-order valence-electron chi connectivity index (χ2n) is 13.2. The summed E-state index contributed by atoms with van der Waals surface area (Å²) in [6.07, 6.45) is 3.81. The number of hydrogen-bond acceptors (Lipinski definition) is 3. The summed E-state index contributed by atoms with van der Waals surface area (Å²) in [6, 6.07) is 34.5. The molecule has 0 atom stereocenters. The van der Waals surface area contributed by atoms with Gasteiger partial charge in [0.15, 0.2) is 0 Å². The molecule has 4 aromatic carbocycles. The predicted octanol–water partition coefficient (Wildman–Crippen LogP) is 11.3. The van der Waals surface area contributed by atoms with Crippen molar-refractivity contribution < 1.29 is 32.7 Å². The van der Waals surface area contributed by atoms with E-state index < -0.39 is 27.0 Å². The first kappa shape index (κ1) is 28.1. The second-order valence-corrected chi connectivity index (χ2v) is 23.8. The Bertz CT molecular complexity index is 2390. The number of nitrogens with zero attached hydrogens (tertiary/aromatic N) is 2. The maximum atomic E-state index is 7.60. The Morgan fingerprint density at radius 2 is 1.54 bits per heavy atom. The molecule has 7 rings (SSSR count). The van der Waals surface area contributed by atoms with Crippen LogP contribution in [0.3, 0.4) is 0 Å². The molecule has 0 amide bonds. The van der Waals surface area contributed by atoms with Crippen molar-refractivity contribution in [3.8, 4) is 33.6 Å². The van der Waals surface area contributed by atoms with Crippen LogP contribution in [0.2, 0.25) is 17.3 Å². The molecule has 0 unspecified atom stereocenters. The Labute approximate surface area is 310 Å². The van der Waals surface area contributed by atoms with E-state index in [0.717, 1.165) is 55.6 Å². The number of aromatic nitrogens is 2. The van der Waals surface area contributed by atoms with Gasteiger partial charge in [-0.05, 0) is 30.1 Å². The van der Waals surface area contributed by atoms with Crippen molar-refractivity contribution >= 4 is 39.6 Å². The standard InChI is InChI=1S/C27H22NO.C16H20GeN.Ir/c1-17(2)20-14-15-28-25(16-20)24-9-5-8-23-22-7-4-6-21(26(22)29-27(23)24)19-12-10-18(3)11-13-19;1-12-6-8-14(9-7-12)16-10-13(2)15(11-18-16)17(3,4)5;/h4-8,10-17H,1-3H3;6-8,10-11H,1-5H3;/q2*-1;/i3D3;1D3;. The summed E-state index contributed by atoms with van der Waals surface area (Å²) in [4.78, 5) is 9.12. The van der Waals surface area contributed by atoms with E-state index >= 15 is 0 Å². The fraction of sp³-hybridized carbons (Fsp3) is 0.209. The zero-order valence-corrected chi connectivity index (χ0v) is 32.5. The zero-order valence-electron chi connectivity index (χ0n) is 34.0. The fourth-order valence-corrected chi connectivity index (χ4v) is 9.43. The second kappa shape index (κ2) is 14.7. The van der Waals surface area contributed by atoms with Crippen LogP contribution < -0.4 is 4.40 Å². The molecule has 0 aliphatic rings. The van der Waals surface area contributed by atoms with Gasteiger partial charge in [-0.2, -0.15) is 0 Å². The molecule has 0 spiro atoms. The molecule has 0 N–H and O–H groups in total. The topological polar surface area (TPSA) is 38.9 Å². The van der Waals surface area contributed by atoms with E-state index in [1.165, 1.54) is 21.6 Å². The summed E-state index contributed by atoms with van der Waals surface area (Å²) < 4.78 is 52.8. The first-order chi connectivity index (χ1) is 24.9. The van der Waals surface area contributed by atoms with Gasteiger partial charge in [0.2, 0.25) is 0 Å². The van der Waals surface area contributed by atoms with Crippen molar-refractivity contribution in [3.05, 3.63) is 138 Å². The van der Waals surface area contributed by atoms with Gasteiger partial charge in [0.1, 0.15) is 5.58 Å². The van der Waals surface area contributed by atoms with Gasteiger partial charge >= 0.3 is 117 Å². The van der Waals surface area contributed by atoms with Gasteiger partial charge in [0.05, 0.1) is 5.58 Å². The van der Waals surface area contributed by atoms with Crippen molar-refractivity contribution in [2.75, 3.05) is 0 Å². The number of pyridine rings is 2. The fourth-order valence-electron chi connectivity index (χ4n) is 5.85. The van der Waals surface area contributed by atoms with Crippen molar-refractivity contribution in [1.29, 1.82) is 0 Å². The molecule has 1 radical (unpaired) electrons. The van der Waals surface area contributed by atoms with Gasteiger partial charge in [0, 0.05) is 41.4 Å². The van der Waals surface area contributed by atoms with E-state index in [9.17, 15) is 0 Å². The molecular weight excluding hydrogens is 825 g/mol. The third-order valence-corrected chi connectivity index (χ3v) is 12.9. The van der Waals surface area contributed by atoms with Crippen molar-refractivity contribution in [1.82, 2.24) is 9.97 Å². The van der Waals surface area contributed by atoms with Gasteiger partial charge in [-0.25, -0.2) is 0 Å². The number of benzene rings is 4. The van der Waals surface area contributed by atoms with E-state index in [-0.39, 0.29) is 20.1 Å². The molecule has 0 aliphatic heterocycles. The average Bonchev–Trinajstić information content (AvgIpc) is 3.50. The molecule has 3 aromatic heterocycles.